The Hall–Kier alpha value is -2.82. The smallest absolute Gasteiger partial charge is 0.223 e. The molecule has 3 rings (SSSR count). The van der Waals surface area contributed by atoms with Crippen molar-refractivity contribution in [2.75, 3.05) is 20.8 Å². The Morgan fingerprint density at radius 2 is 1.74 bits per heavy atom. The number of amides is 1. The lowest BCUT2D eigenvalue weighted by Gasteiger charge is -2.25. The number of carbonyl (C=O) groups is 2. The zero-order chi connectivity index (χ0) is 19.2. The number of benzene rings is 2. The first-order chi connectivity index (χ1) is 13.1. The quantitative estimate of drug-likeness (QED) is 0.693. The maximum Gasteiger partial charge on any atom is 0.223 e. The van der Waals surface area contributed by atoms with Crippen molar-refractivity contribution in [1.29, 1.82) is 0 Å². The molecule has 2 aromatic carbocycles. The third-order valence-electron chi connectivity index (χ3n) is 5.03. The van der Waals surface area contributed by atoms with E-state index in [4.69, 9.17) is 9.47 Å². The number of hydrogen-bond acceptors (Lipinski definition) is 4. The minimum atomic E-state index is -0.0697. The van der Waals surface area contributed by atoms with Gasteiger partial charge in [-0.3, -0.25) is 9.59 Å². The second kappa shape index (κ2) is 8.71. The monoisotopic (exact) mass is 367 g/mol. The number of ether oxygens (including phenoxy) is 2. The zero-order valence-electron chi connectivity index (χ0n) is 15.8. The van der Waals surface area contributed by atoms with Crippen molar-refractivity contribution >= 4 is 11.7 Å². The normalized spacial score (nSPS) is 16.2. The van der Waals surface area contributed by atoms with E-state index in [9.17, 15) is 9.59 Å². The number of methoxy groups -OCH3 is 2. The average molecular weight is 367 g/mol. The molecule has 5 heteroatoms. The van der Waals surface area contributed by atoms with E-state index in [1.54, 1.807) is 25.3 Å². The Morgan fingerprint density at radius 1 is 1.00 bits per heavy atom. The highest BCUT2D eigenvalue weighted by Gasteiger charge is 2.29. The fraction of sp³-hybridized carbons (Fsp3) is 0.364. The Morgan fingerprint density at radius 3 is 2.44 bits per heavy atom. The van der Waals surface area contributed by atoms with Gasteiger partial charge in [-0.2, -0.15) is 0 Å². The number of rotatable bonds is 7. The summed E-state index contributed by atoms with van der Waals surface area (Å²) in [6.07, 6.45) is 2.37. The van der Waals surface area contributed by atoms with Crippen LogP contribution in [-0.4, -0.2) is 37.4 Å². The van der Waals surface area contributed by atoms with Crippen molar-refractivity contribution in [3.8, 4) is 11.5 Å². The molecule has 0 aliphatic carbocycles. The van der Waals surface area contributed by atoms with Gasteiger partial charge in [-0.1, -0.05) is 30.3 Å². The molecule has 1 unspecified atom stereocenters. The topological polar surface area (TPSA) is 55.8 Å². The van der Waals surface area contributed by atoms with Crippen LogP contribution in [0, 0.1) is 0 Å². The van der Waals surface area contributed by atoms with E-state index in [-0.39, 0.29) is 30.6 Å². The van der Waals surface area contributed by atoms with Crippen LogP contribution in [0.5, 0.6) is 11.5 Å². The highest BCUT2D eigenvalue weighted by atomic mass is 16.5. The van der Waals surface area contributed by atoms with Gasteiger partial charge >= 0.3 is 0 Å². The molecule has 27 heavy (non-hydrogen) atoms. The van der Waals surface area contributed by atoms with Gasteiger partial charge in [-0.25, -0.2) is 0 Å². The number of carbonyl (C=O) groups excluding carboxylic acids is 2. The molecule has 0 saturated carbocycles. The number of hydrogen-bond donors (Lipinski definition) is 0. The standard InChI is InChI=1S/C22H25NO4/c1-26-20-12-10-17(15-21(20)27-2)19(24)11-13-22(25)23-14-6-9-18(23)16-7-4-3-5-8-16/h3-5,7-8,10,12,15,18H,6,9,11,13-14H2,1-2H3. The van der Waals surface area contributed by atoms with Crippen molar-refractivity contribution in [3.63, 3.8) is 0 Å². The molecule has 1 aliphatic heterocycles. The van der Waals surface area contributed by atoms with Gasteiger partial charge in [0.1, 0.15) is 0 Å². The van der Waals surface area contributed by atoms with E-state index in [0.29, 0.717) is 17.1 Å². The molecular weight excluding hydrogens is 342 g/mol. The SMILES string of the molecule is COc1ccc(C(=O)CCC(=O)N2CCCC2c2ccccc2)cc1OC. The number of ketones is 1. The number of Topliss-reactive ketones (excluding diaryl/α,β-unsaturated/α-hetero) is 1. The van der Waals surface area contributed by atoms with E-state index in [2.05, 4.69) is 12.1 Å². The molecule has 0 N–H and O–H groups in total. The van der Waals surface area contributed by atoms with E-state index in [0.717, 1.165) is 24.9 Å². The molecule has 0 aromatic heterocycles. The summed E-state index contributed by atoms with van der Waals surface area (Å²) in [6, 6.07) is 15.3. The first-order valence-electron chi connectivity index (χ1n) is 9.23. The summed E-state index contributed by atoms with van der Waals surface area (Å²) >= 11 is 0. The fourth-order valence-electron chi connectivity index (χ4n) is 3.61. The van der Waals surface area contributed by atoms with Crippen LogP contribution in [0.1, 0.15) is 47.6 Å². The number of nitrogens with zero attached hydrogens (tertiary/aromatic N) is 1. The second-order valence-corrected chi connectivity index (χ2v) is 6.65. The third kappa shape index (κ3) is 4.30. The fourth-order valence-corrected chi connectivity index (χ4v) is 3.61. The Kier molecular flexibility index (Phi) is 6.12. The molecular formula is C22H25NO4. The van der Waals surface area contributed by atoms with Gasteiger partial charge < -0.3 is 14.4 Å². The molecule has 0 spiro atoms. The van der Waals surface area contributed by atoms with Crippen molar-refractivity contribution in [2.24, 2.45) is 0 Å². The van der Waals surface area contributed by atoms with Crippen LogP contribution in [0.25, 0.3) is 0 Å². The van der Waals surface area contributed by atoms with Crippen LogP contribution in [0.2, 0.25) is 0 Å². The van der Waals surface area contributed by atoms with E-state index >= 15 is 0 Å². The summed E-state index contributed by atoms with van der Waals surface area (Å²) in [5.74, 6) is 1.06. The molecule has 0 radical (unpaired) electrons. The van der Waals surface area contributed by atoms with Gasteiger partial charge in [-0.15, -0.1) is 0 Å². The zero-order valence-corrected chi connectivity index (χ0v) is 15.8. The molecule has 5 nitrogen and oxygen atoms in total. The first kappa shape index (κ1) is 19.0. The van der Waals surface area contributed by atoms with Crippen LogP contribution in [0.3, 0.4) is 0 Å². The summed E-state index contributed by atoms with van der Waals surface area (Å²) < 4.78 is 10.4. The maximum atomic E-state index is 12.7. The minimum absolute atomic E-state index is 0.0372. The molecule has 1 amide bonds. The minimum Gasteiger partial charge on any atom is -0.493 e. The maximum absolute atomic E-state index is 12.7. The van der Waals surface area contributed by atoms with Crippen LogP contribution in [0.15, 0.2) is 48.5 Å². The summed E-state index contributed by atoms with van der Waals surface area (Å²) in [5.41, 5.74) is 1.69. The molecule has 2 aromatic rings. The Bertz CT molecular complexity index is 803. The first-order valence-corrected chi connectivity index (χ1v) is 9.23. The van der Waals surface area contributed by atoms with Gasteiger partial charge in [-0.05, 0) is 36.6 Å². The lowest BCUT2D eigenvalue weighted by Crippen LogP contribution is -2.30. The van der Waals surface area contributed by atoms with E-state index in [1.165, 1.54) is 7.11 Å². The van der Waals surface area contributed by atoms with Crippen molar-refractivity contribution in [3.05, 3.63) is 59.7 Å². The average Bonchev–Trinajstić information content (AvgIpc) is 3.21. The molecule has 142 valence electrons. The molecule has 1 atom stereocenters. The molecule has 0 bridgehead atoms. The predicted octanol–water partition coefficient (Wildman–Crippen LogP) is 4.03. The summed E-state index contributed by atoms with van der Waals surface area (Å²) in [6.45, 7) is 0.753. The van der Waals surface area contributed by atoms with Crippen LogP contribution in [0.4, 0.5) is 0 Å². The Labute approximate surface area is 159 Å². The molecule has 1 saturated heterocycles. The largest absolute Gasteiger partial charge is 0.493 e. The van der Waals surface area contributed by atoms with E-state index < -0.39 is 0 Å². The third-order valence-corrected chi connectivity index (χ3v) is 5.03. The molecule has 1 aliphatic rings. The molecule has 1 fully saturated rings. The van der Waals surface area contributed by atoms with Crippen LogP contribution < -0.4 is 9.47 Å². The van der Waals surface area contributed by atoms with Crippen LogP contribution in [-0.2, 0) is 4.79 Å². The van der Waals surface area contributed by atoms with Gasteiger partial charge in [0.25, 0.3) is 0 Å². The lowest BCUT2D eigenvalue weighted by molar-refractivity contribution is -0.132. The number of likely N-dealkylation sites (tertiary alicyclic amines) is 1. The van der Waals surface area contributed by atoms with Crippen molar-refractivity contribution in [2.45, 2.75) is 31.7 Å². The second-order valence-electron chi connectivity index (χ2n) is 6.65. The van der Waals surface area contributed by atoms with Crippen molar-refractivity contribution < 1.29 is 19.1 Å². The van der Waals surface area contributed by atoms with Gasteiger partial charge in [0, 0.05) is 24.9 Å². The van der Waals surface area contributed by atoms with Gasteiger partial charge in [0.2, 0.25) is 5.91 Å². The highest BCUT2D eigenvalue weighted by Crippen LogP contribution is 2.32. The summed E-state index contributed by atoms with van der Waals surface area (Å²) in [5, 5.41) is 0. The molecule has 1 heterocycles. The van der Waals surface area contributed by atoms with Gasteiger partial charge in [0.05, 0.1) is 20.3 Å². The Balaban J connectivity index is 1.62. The highest BCUT2D eigenvalue weighted by molar-refractivity contribution is 5.98. The predicted molar refractivity (Wildman–Crippen MR) is 103 cm³/mol. The van der Waals surface area contributed by atoms with Crippen molar-refractivity contribution in [1.82, 2.24) is 4.90 Å². The van der Waals surface area contributed by atoms with E-state index in [1.807, 2.05) is 23.1 Å². The lowest BCUT2D eigenvalue weighted by atomic mass is 10.0. The summed E-state index contributed by atoms with van der Waals surface area (Å²) in [7, 11) is 3.09. The van der Waals surface area contributed by atoms with Gasteiger partial charge in [0.15, 0.2) is 17.3 Å². The van der Waals surface area contributed by atoms with Crippen LogP contribution >= 0.6 is 0 Å². The summed E-state index contributed by atoms with van der Waals surface area (Å²) in [4.78, 5) is 27.1.